The highest BCUT2D eigenvalue weighted by atomic mass is 16.2. The molecule has 0 aliphatic heterocycles. The molecule has 0 aliphatic rings. The van der Waals surface area contributed by atoms with Crippen molar-refractivity contribution in [1.82, 2.24) is 23.3 Å². The molecule has 0 fully saturated rings. The van der Waals surface area contributed by atoms with E-state index < -0.39 is 0 Å². The lowest BCUT2D eigenvalue weighted by Gasteiger charge is -2.03. The third-order valence-corrected chi connectivity index (χ3v) is 4.61. The molecule has 7 nitrogen and oxygen atoms in total. The lowest BCUT2D eigenvalue weighted by Crippen LogP contribution is -2.37. The fourth-order valence-corrected chi connectivity index (χ4v) is 3.28. The second-order valence-corrected chi connectivity index (χ2v) is 6.04. The Kier molecular flexibility index (Phi) is 2.84. The highest BCUT2D eigenvalue weighted by molar-refractivity contribution is 5.95. The predicted octanol–water partition coefficient (Wildman–Crippen LogP) is 1.13. The van der Waals surface area contributed by atoms with Gasteiger partial charge in [0, 0.05) is 50.9 Å². The Morgan fingerprint density at radius 3 is 2.38 bits per heavy atom. The van der Waals surface area contributed by atoms with E-state index in [2.05, 4.69) is 4.98 Å². The molecule has 0 unspecified atom stereocenters. The first-order valence-corrected chi connectivity index (χ1v) is 7.58. The molecular formula is C17H17N5O2. The summed E-state index contributed by atoms with van der Waals surface area (Å²) in [6.45, 7) is 0. The van der Waals surface area contributed by atoms with Crippen molar-refractivity contribution in [3.63, 3.8) is 0 Å². The standard InChI is InChI=1S/C17H17N5O2/c1-19-9-11(10-7-5-6-8-12(10)19)14-18-15-13(20(14)2)16(23)22(4)17(24)21(15)3/h5-9H,1-4H3. The summed E-state index contributed by atoms with van der Waals surface area (Å²) in [5, 5.41) is 1.06. The normalized spacial score (nSPS) is 11.7. The number of aryl methyl sites for hydroxylation is 3. The fourth-order valence-electron chi connectivity index (χ4n) is 3.28. The maximum atomic E-state index is 12.5. The number of hydrogen-bond acceptors (Lipinski definition) is 3. The van der Waals surface area contributed by atoms with Gasteiger partial charge in [0.1, 0.15) is 5.82 Å². The molecular weight excluding hydrogens is 306 g/mol. The van der Waals surface area contributed by atoms with Crippen LogP contribution in [0.4, 0.5) is 0 Å². The lowest BCUT2D eigenvalue weighted by atomic mass is 10.1. The van der Waals surface area contributed by atoms with Gasteiger partial charge in [-0.15, -0.1) is 0 Å². The van der Waals surface area contributed by atoms with Gasteiger partial charge >= 0.3 is 5.69 Å². The SMILES string of the molecule is Cn1c(=O)c2c(nc(-c3cn(C)c4ccccc34)n2C)n(C)c1=O. The highest BCUT2D eigenvalue weighted by Crippen LogP contribution is 2.30. The van der Waals surface area contributed by atoms with Crippen molar-refractivity contribution in [3.8, 4) is 11.4 Å². The van der Waals surface area contributed by atoms with E-state index >= 15 is 0 Å². The van der Waals surface area contributed by atoms with Crippen LogP contribution in [0, 0.1) is 0 Å². The summed E-state index contributed by atoms with van der Waals surface area (Å²) < 4.78 is 6.31. The van der Waals surface area contributed by atoms with Crippen molar-refractivity contribution in [3.05, 3.63) is 51.3 Å². The minimum Gasteiger partial charge on any atom is -0.350 e. The van der Waals surface area contributed by atoms with Crippen LogP contribution in [0.25, 0.3) is 33.5 Å². The minimum absolute atomic E-state index is 0.338. The van der Waals surface area contributed by atoms with Crippen molar-refractivity contribution in [1.29, 1.82) is 0 Å². The molecule has 0 amide bonds. The van der Waals surface area contributed by atoms with Crippen LogP contribution in [0.15, 0.2) is 40.1 Å². The van der Waals surface area contributed by atoms with Gasteiger partial charge in [-0.2, -0.15) is 0 Å². The van der Waals surface area contributed by atoms with Crippen molar-refractivity contribution in [2.75, 3.05) is 0 Å². The molecule has 3 aromatic heterocycles. The summed E-state index contributed by atoms with van der Waals surface area (Å²) in [6, 6.07) is 8.03. The number of fused-ring (bicyclic) bond motifs is 2. The predicted molar refractivity (Wildman–Crippen MR) is 93.1 cm³/mol. The minimum atomic E-state index is -0.380. The monoisotopic (exact) mass is 323 g/mol. The first-order valence-electron chi connectivity index (χ1n) is 7.58. The highest BCUT2D eigenvalue weighted by Gasteiger charge is 2.20. The number of benzene rings is 1. The van der Waals surface area contributed by atoms with Crippen LogP contribution in [-0.2, 0) is 28.2 Å². The van der Waals surface area contributed by atoms with Crippen molar-refractivity contribution >= 4 is 22.1 Å². The first kappa shape index (κ1) is 14.5. The molecule has 0 saturated carbocycles. The molecule has 7 heteroatoms. The Morgan fingerprint density at radius 2 is 1.62 bits per heavy atom. The molecule has 0 spiro atoms. The van der Waals surface area contributed by atoms with E-state index in [-0.39, 0.29) is 11.2 Å². The van der Waals surface area contributed by atoms with E-state index in [0.29, 0.717) is 17.0 Å². The van der Waals surface area contributed by atoms with Gasteiger partial charge in [-0.25, -0.2) is 9.78 Å². The Hall–Kier alpha value is -3.09. The average Bonchev–Trinajstić information content (AvgIpc) is 3.09. The Morgan fingerprint density at radius 1 is 0.917 bits per heavy atom. The van der Waals surface area contributed by atoms with Gasteiger partial charge < -0.3 is 9.13 Å². The number of imidazole rings is 1. The van der Waals surface area contributed by atoms with Gasteiger partial charge in [-0.3, -0.25) is 13.9 Å². The van der Waals surface area contributed by atoms with E-state index in [0.717, 1.165) is 21.0 Å². The second kappa shape index (κ2) is 4.70. The topological polar surface area (TPSA) is 66.8 Å². The summed E-state index contributed by atoms with van der Waals surface area (Å²) in [5.41, 5.74) is 2.11. The maximum absolute atomic E-state index is 12.5. The lowest BCUT2D eigenvalue weighted by molar-refractivity contribution is 0.705. The summed E-state index contributed by atoms with van der Waals surface area (Å²) in [5.74, 6) is 0.667. The quantitative estimate of drug-likeness (QED) is 0.527. The van der Waals surface area contributed by atoms with Gasteiger partial charge in [0.05, 0.1) is 0 Å². The van der Waals surface area contributed by atoms with E-state index in [4.69, 9.17) is 0 Å². The van der Waals surface area contributed by atoms with Crippen molar-refractivity contribution in [2.45, 2.75) is 0 Å². The van der Waals surface area contributed by atoms with Crippen LogP contribution >= 0.6 is 0 Å². The zero-order valence-corrected chi connectivity index (χ0v) is 13.9. The second-order valence-electron chi connectivity index (χ2n) is 6.04. The summed E-state index contributed by atoms with van der Waals surface area (Å²) in [7, 11) is 6.89. The molecule has 1 aromatic carbocycles. The van der Waals surface area contributed by atoms with Crippen molar-refractivity contribution in [2.24, 2.45) is 28.2 Å². The van der Waals surface area contributed by atoms with Crippen LogP contribution in [-0.4, -0.2) is 23.3 Å². The van der Waals surface area contributed by atoms with Crippen molar-refractivity contribution < 1.29 is 0 Å². The number of rotatable bonds is 1. The zero-order valence-electron chi connectivity index (χ0n) is 13.9. The molecule has 0 radical (unpaired) electrons. The molecule has 0 saturated heterocycles. The summed E-state index contributed by atoms with van der Waals surface area (Å²) in [4.78, 5) is 29.3. The summed E-state index contributed by atoms with van der Waals surface area (Å²) in [6.07, 6.45) is 1.99. The molecule has 0 aliphatic carbocycles. The van der Waals surface area contributed by atoms with E-state index in [1.807, 2.05) is 42.1 Å². The van der Waals surface area contributed by atoms with Crippen LogP contribution < -0.4 is 11.2 Å². The first-order chi connectivity index (χ1) is 11.4. The average molecular weight is 323 g/mol. The van der Waals surface area contributed by atoms with Gasteiger partial charge in [0.2, 0.25) is 0 Å². The van der Waals surface area contributed by atoms with Gasteiger partial charge in [0.15, 0.2) is 11.2 Å². The molecule has 0 atom stereocenters. The smallest absolute Gasteiger partial charge is 0.332 e. The van der Waals surface area contributed by atoms with Crippen LogP contribution in [0.2, 0.25) is 0 Å². The van der Waals surface area contributed by atoms with E-state index in [1.54, 1.807) is 18.7 Å². The third kappa shape index (κ3) is 1.69. The van der Waals surface area contributed by atoms with Gasteiger partial charge in [0.25, 0.3) is 5.56 Å². The molecule has 0 N–H and O–H groups in total. The fraction of sp³-hybridized carbons (Fsp3) is 0.235. The van der Waals surface area contributed by atoms with Gasteiger partial charge in [-0.05, 0) is 6.07 Å². The number of para-hydroxylation sites is 1. The molecule has 24 heavy (non-hydrogen) atoms. The molecule has 4 rings (SSSR count). The zero-order chi connectivity index (χ0) is 17.2. The van der Waals surface area contributed by atoms with E-state index in [9.17, 15) is 9.59 Å². The molecule has 3 heterocycles. The summed E-state index contributed by atoms with van der Waals surface area (Å²) >= 11 is 0. The van der Waals surface area contributed by atoms with Crippen LogP contribution in [0.3, 0.4) is 0 Å². The molecule has 0 bridgehead atoms. The Labute approximate surface area is 137 Å². The van der Waals surface area contributed by atoms with Gasteiger partial charge in [-0.1, -0.05) is 18.2 Å². The van der Waals surface area contributed by atoms with Crippen LogP contribution in [0.5, 0.6) is 0 Å². The number of aromatic nitrogens is 5. The Balaban J connectivity index is 2.18. The molecule has 4 aromatic rings. The Bertz CT molecular complexity index is 1240. The molecule has 122 valence electrons. The van der Waals surface area contributed by atoms with Crippen LogP contribution in [0.1, 0.15) is 0 Å². The largest absolute Gasteiger partial charge is 0.350 e. The van der Waals surface area contributed by atoms with E-state index in [1.165, 1.54) is 11.6 Å². The maximum Gasteiger partial charge on any atom is 0.332 e. The number of nitrogens with zero attached hydrogens (tertiary/aromatic N) is 5. The number of hydrogen-bond donors (Lipinski definition) is 0. The third-order valence-electron chi connectivity index (χ3n) is 4.61.